The highest BCUT2D eigenvalue weighted by atomic mass is 35.5. The van der Waals surface area contributed by atoms with Crippen LogP contribution in [-0.4, -0.2) is 30.6 Å². The molecule has 0 spiro atoms. The number of halogens is 2. The van der Waals surface area contributed by atoms with Gasteiger partial charge in [-0.1, -0.05) is 0 Å². The maximum Gasteiger partial charge on any atom is 0.220 e. The lowest BCUT2D eigenvalue weighted by atomic mass is 9.99. The summed E-state index contributed by atoms with van der Waals surface area (Å²) in [6.07, 6.45) is 5.72. The van der Waals surface area contributed by atoms with Crippen LogP contribution < -0.4 is 15.4 Å². The monoisotopic (exact) mass is 342 g/mol. The molecule has 2 aliphatic heterocycles. The molecule has 3 rings (SSSR count). The highest BCUT2D eigenvalue weighted by molar-refractivity contribution is 5.85. The van der Waals surface area contributed by atoms with Crippen LogP contribution in [0.2, 0.25) is 0 Å². The van der Waals surface area contributed by atoms with E-state index in [0.29, 0.717) is 43.3 Å². The number of ether oxygens (including phenoxy) is 1. The van der Waals surface area contributed by atoms with E-state index in [4.69, 9.17) is 4.74 Å². The SMILES string of the molecule is Cl.O=C(CCCOc1ccc(F)cc1)NC1CC2CCC(C1)N2. The molecular weight excluding hydrogens is 319 g/mol. The molecule has 0 aromatic heterocycles. The van der Waals surface area contributed by atoms with Gasteiger partial charge in [0, 0.05) is 24.5 Å². The Morgan fingerprint density at radius 1 is 1.22 bits per heavy atom. The molecule has 2 saturated heterocycles. The first kappa shape index (κ1) is 18.0. The van der Waals surface area contributed by atoms with Gasteiger partial charge in [0.15, 0.2) is 0 Å². The molecule has 6 heteroatoms. The van der Waals surface area contributed by atoms with Crippen molar-refractivity contribution in [3.05, 3.63) is 30.1 Å². The normalized spacial score (nSPS) is 25.5. The lowest BCUT2D eigenvalue weighted by Gasteiger charge is -2.29. The highest BCUT2D eigenvalue weighted by Crippen LogP contribution is 2.26. The smallest absolute Gasteiger partial charge is 0.220 e. The average Bonchev–Trinajstić information content (AvgIpc) is 2.84. The third kappa shape index (κ3) is 5.36. The molecule has 4 nitrogen and oxygen atoms in total. The number of benzene rings is 1. The zero-order chi connectivity index (χ0) is 15.4. The fourth-order valence-corrected chi connectivity index (χ4v) is 3.43. The maximum atomic E-state index is 12.7. The standard InChI is InChI=1S/C17H23FN2O2.ClH/c18-12-3-7-16(8-4-12)22-9-1-2-17(21)20-15-10-13-5-6-14(11-15)19-13;/h3-4,7-8,13-15,19H,1-2,5-6,9-11H2,(H,20,21);1H. The molecule has 2 heterocycles. The van der Waals surface area contributed by atoms with Crippen molar-refractivity contribution in [1.29, 1.82) is 0 Å². The third-order valence-corrected chi connectivity index (χ3v) is 4.47. The van der Waals surface area contributed by atoms with Gasteiger partial charge in [0.05, 0.1) is 6.61 Å². The summed E-state index contributed by atoms with van der Waals surface area (Å²) in [5, 5.41) is 6.71. The second-order valence-corrected chi connectivity index (χ2v) is 6.28. The van der Waals surface area contributed by atoms with E-state index >= 15 is 0 Å². The summed E-state index contributed by atoms with van der Waals surface area (Å²) in [6, 6.07) is 7.43. The van der Waals surface area contributed by atoms with E-state index in [0.717, 1.165) is 12.8 Å². The first-order chi connectivity index (χ1) is 10.7. The van der Waals surface area contributed by atoms with Crippen molar-refractivity contribution >= 4 is 18.3 Å². The Labute approximate surface area is 142 Å². The number of carbonyl (C=O) groups excluding carboxylic acids is 1. The van der Waals surface area contributed by atoms with Crippen molar-refractivity contribution in [3.63, 3.8) is 0 Å². The molecule has 0 radical (unpaired) electrons. The van der Waals surface area contributed by atoms with Crippen molar-refractivity contribution in [3.8, 4) is 5.75 Å². The minimum Gasteiger partial charge on any atom is -0.494 e. The molecule has 1 amide bonds. The van der Waals surface area contributed by atoms with E-state index in [2.05, 4.69) is 10.6 Å². The van der Waals surface area contributed by atoms with E-state index in [1.165, 1.54) is 25.0 Å². The zero-order valence-electron chi connectivity index (χ0n) is 13.1. The number of nitrogens with one attached hydrogen (secondary N) is 2. The van der Waals surface area contributed by atoms with Crippen LogP contribution in [0, 0.1) is 5.82 Å². The van der Waals surface area contributed by atoms with Crippen molar-refractivity contribution in [2.24, 2.45) is 0 Å². The second-order valence-electron chi connectivity index (χ2n) is 6.28. The van der Waals surface area contributed by atoms with Gasteiger partial charge in [0.2, 0.25) is 5.91 Å². The number of rotatable bonds is 6. The first-order valence-corrected chi connectivity index (χ1v) is 8.13. The lowest BCUT2D eigenvalue weighted by molar-refractivity contribution is -0.122. The van der Waals surface area contributed by atoms with E-state index in [-0.39, 0.29) is 24.1 Å². The van der Waals surface area contributed by atoms with E-state index in [1.54, 1.807) is 12.1 Å². The lowest BCUT2D eigenvalue weighted by Crippen LogP contribution is -2.48. The second kappa shape index (κ2) is 8.50. The molecule has 2 N–H and O–H groups in total. The molecule has 1 aromatic rings. The largest absolute Gasteiger partial charge is 0.494 e. The topological polar surface area (TPSA) is 50.4 Å². The Bertz CT molecular complexity index is 500. The van der Waals surface area contributed by atoms with Crippen molar-refractivity contribution in [2.75, 3.05) is 6.61 Å². The molecule has 0 aliphatic carbocycles. The number of amides is 1. The van der Waals surface area contributed by atoms with Crippen molar-refractivity contribution < 1.29 is 13.9 Å². The van der Waals surface area contributed by atoms with Gasteiger partial charge < -0.3 is 15.4 Å². The van der Waals surface area contributed by atoms with Gasteiger partial charge in [-0.3, -0.25) is 4.79 Å². The first-order valence-electron chi connectivity index (χ1n) is 8.13. The predicted octanol–water partition coefficient (Wildman–Crippen LogP) is 2.81. The minimum atomic E-state index is -0.275. The summed E-state index contributed by atoms with van der Waals surface area (Å²) in [7, 11) is 0. The summed E-state index contributed by atoms with van der Waals surface area (Å²) in [5.41, 5.74) is 0. The molecule has 1 aromatic carbocycles. The molecule has 128 valence electrons. The van der Waals surface area contributed by atoms with E-state index in [1.807, 2.05) is 0 Å². The molecule has 2 aliphatic rings. The van der Waals surface area contributed by atoms with E-state index in [9.17, 15) is 9.18 Å². The fourth-order valence-electron chi connectivity index (χ4n) is 3.43. The number of hydrogen-bond donors (Lipinski definition) is 2. The number of carbonyl (C=O) groups is 1. The number of piperidine rings is 1. The van der Waals surface area contributed by atoms with Crippen LogP contribution in [-0.2, 0) is 4.79 Å². The zero-order valence-corrected chi connectivity index (χ0v) is 13.9. The van der Waals surface area contributed by atoms with Crippen LogP contribution in [0.25, 0.3) is 0 Å². The summed E-state index contributed by atoms with van der Waals surface area (Å²) in [4.78, 5) is 12.0. The maximum absolute atomic E-state index is 12.7. The van der Waals surface area contributed by atoms with Gasteiger partial charge in [-0.2, -0.15) is 0 Å². The summed E-state index contributed by atoms with van der Waals surface area (Å²) >= 11 is 0. The van der Waals surface area contributed by atoms with Crippen LogP contribution in [0.4, 0.5) is 4.39 Å². The average molecular weight is 343 g/mol. The molecule has 2 bridgehead atoms. The molecule has 2 unspecified atom stereocenters. The predicted molar refractivity (Wildman–Crippen MR) is 89.5 cm³/mol. The van der Waals surface area contributed by atoms with Gasteiger partial charge in [0.25, 0.3) is 0 Å². The summed E-state index contributed by atoms with van der Waals surface area (Å²) in [5.74, 6) is 0.466. The Balaban J connectivity index is 0.00000192. The van der Waals surface area contributed by atoms with E-state index < -0.39 is 0 Å². The van der Waals surface area contributed by atoms with Crippen molar-refractivity contribution in [1.82, 2.24) is 10.6 Å². The molecule has 2 atom stereocenters. The Morgan fingerprint density at radius 2 is 1.87 bits per heavy atom. The van der Waals surface area contributed by atoms with Crippen LogP contribution in [0.15, 0.2) is 24.3 Å². The van der Waals surface area contributed by atoms with Crippen molar-refractivity contribution in [2.45, 2.75) is 56.7 Å². The Hall–Kier alpha value is -1.33. The number of fused-ring (bicyclic) bond motifs is 2. The molecule has 2 fully saturated rings. The van der Waals surface area contributed by atoms with Gasteiger partial charge in [-0.15, -0.1) is 12.4 Å². The van der Waals surface area contributed by atoms with Crippen LogP contribution >= 0.6 is 12.4 Å². The quantitative estimate of drug-likeness (QED) is 0.782. The summed E-state index contributed by atoms with van der Waals surface area (Å²) in [6.45, 7) is 0.469. The van der Waals surface area contributed by atoms with Gasteiger partial charge >= 0.3 is 0 Å². The Morgan fingerprint density at radius 3 is 2.52 bits per heavy atom. The highest BCUT2D eigenvalue weighted by Gasteiger charge is 2.33. The Kier molecular flexibility index (Phi) is 6.66. The van der Waals surface area contributed by atoms with Crippen LogP contribution in [0.1, 0.15) is 38.5 Å². The third-order valence-electron chi connectivity index (χ3n) is 4.47. The van der Waals surface area contributed by atoms with Gasteiger partial charge in [0.1, 0.15) is 11.6 Å². The van der Waals surface area contributed by atoms with Crippen LogP contribution in [0.5, 0.6) is 5.75 Å². The van der Waals surface area contributed by atoms with Crippen LogP contribution in [0.3, 0.4) is 0 Å². The fraction of sp³-hybridized carbons (Fsp3) is 0.588. The molecule has 23 heavy (non-hydrogen) atoms. The van der Waals surface area contributed by atoms with Gasteiger partial charge in [-0.05, 0) is 56.4 Å². The number of hydrogen-bond acceptors (Lipinski definition) is 3. The molecule has 0 saturated carbocycles. The van der Waals surface area contributed by atoms with Gasteiger partial charge in [-0.25, -0.2) is 4.39 Å². The molecular formula is C17H24ClFN2O2. The minimum absolute atomic E-state index is 0. The summed E-state index contributed by atoms with van der Waals surface area (Å²) < 4.78 is 18.2.